The van der Waals surface area contributed by atoms with Crippen molar-refractivity contribution >= 4 is 5.82 Å². The van der Waals surface area contributed by atoms with Gasteiger partial charge in [-0.15, -0.1) is 0 Å². The van der Waals surface area contributed by atoms with Gasteiger partial charge in [-0.1, -0.05) is 13.8 Å². The molecule has 0 saturated carbocycles. The minimum absolute atomic E-state index is 0.341. The van der Waals surface area contributed by atoms with E-state index in [4.69, 9.17) is 5.11 Å². The minimum atomic E-state index is -2.93. The van der Waals surface area contributed by atoms with Gasteiger partial charge in [0.2, 0.25) is 0 Å². The van der Waals surface area contributed by atoms with E-state index < -0.39 is 6.61 Å². The van der Waals surface area contributed by atoms with Crippen LogP contribution in [0.25, 0.3) is 0 Å². The molecule has 1 aromatic heterocycles. The molecule has 1 fully saturated rings. The lowest BCUT2D eigenvalue weighted by Gasteiger charge is -2.36. The lowest BCUT2D eigenvalue weighted by molar-refractivity contribution is -0.0561. The molecule has 1 saturated heterocycles. The molecule has 7 heteroatoms. The van der Waals surface area contributed by atoms with Gasteiger partial charge in [0, 0.05) is 24.8 Å². The van der Waals surface area contributed by atoms with E-state index in [1.54, 1.807) is 17.9 Å². The molecule has 0 bridgehead atoms. The van der Waals surface area contributed by atoms with E-state index in [1.807, 2.05) is 13.8 Å². The van der Waals surface area contributed by atoms with E-state index in [1.165, 1.54) is 0 Å². The Morgan fingerprint density at radius 1 is 1.39 bits per heavy atom. The molecule has 0 unspecified atom stereocenters. The van der Waals surface area contributed by atoms with Crippen LogP contribution in [0, 0.1) is 6.92 Å². The van der Waals surface area contributed by atoms with Crippen molar-refractivity contribution in [2.45, 2.75) is 33.5 Å². The molecular weight excluding hydrogens is 244 g/mol. The SMILES string of the molecule is CC.Cc1cc(N2CC(O)C2)nc(OC(F)F)n1. The summed E-state index contributed by atoms with van der Waals surface area (Å²) in [5, 5.41) is 9.13. The third kappa shape index (κ3) is 3.76. The molecule has 1 N–H and O–H groups in total. The quantitative estimate of drug-likeness (QED) is 0.895. The van der Waals surface area contributed by atoms with Crippen LogP contribution in [0.2, 0.25) is 0 Å². The van der Waals surface area contributed by atoms with Crippen molar-refractivity contribution in [3.05, 3.63) is 11.8 Å². The molecule has 18 heavy (non-hydrogen) atoms. The average molecular weight is 261 g/mol. The van der Waals surface area contributed by atoms with Gasteiger partial charge in [-0.2, -0.15) is 13.8 Å². The van der Waals surface area contributed by atoms with Crippen LogP contribution < -0.4 is 9.64 Å². The van der Waals surface area contributed by atoms with Crippen molar-refractivity contribution < 1.29 is 18.6 Å². The van der Waals surface area contributed by atoms with E-state index in [-0.39, 0.29) is 12.1 Å². The number of rotatable bonds is 3. The summed E-state index contributed by atoms with van der Waals surface area (Å²) < 4.78 is 28.1. The lowest BCUT2D eigenvalue weighted by atomic mass is 10.2. The number of alkyl halides is 2. The van der Waals surface area contributed by atoms with E-state index in [0.29, 0.717) is 24.6 Å². The molecule has 0 spiro atoms. The smallest absolute Gasteiger partial charge is 0.389 e. The first kappa shape index (κ1) is 14.6. The molecular formula is C11H17F2N3O2. The Morgan fingerprint density at radius 3 is 2.50 bits per heavy atom. The van der Waals surface area contributed by atoms with Gasteiger partial charge < -0.3 is 14.7 Å². The maximum atomic E-state index is 12.0. The molecule has 2 heterocycles. The van der Waals surface area contributed by atoms with Crippen LogP contribution >= 0.6 is 0 Å². The van der Waals surface area contributed by atoms with Crippen molar-refractivity contribution in [3.8, 4) is 6.01 Å². The Hall–Kier alpha value is -1.50. The highest BCUT2D eigenvalue weighted by atomic mass is 19.3. The summed E-state index contributed by atoms with van der Waals surface area (Å²) >= 11 is 0. The van der Waals surface area contributed by atoms with Crippen molar-refractivity contribution in [3.63, 3.8) is 0 Å². The number of β-amino-alcohol motifs (C(OH)–C–C–N with tert-alkyl or cyclic N) is 1. The lowest BCUT2D eigenvalue weighted by Crippen LogP contribution is -2.51. The molecule has 0 aliphatic carbocycles. The van der Waals surface area contributed by atoms with Gasteiger partial charge in [0.05, 0.1) is 6.10 Å². The molecule has 1 aliphatic heterocycles. The minimum Gasteiger partial charge on any atom is -0.401 e. The molecule has 5 nitrogen and oxygen atoms in total. The van der Waals surface area contributed by atoms with Gasteiger partial charge in [-0.3, -0.25) is 0 Å². The number of ether oxygens (including phenoxy) is 1. The normalized spacial score (nSPS) is 14.9. The summed E-state index contributed by atoms with van der Waals surface area (Å²) in [7, 11) is 0. The summed E-state index contributed by atoms with van der Waals surface area (Å²) in [5.41, 5.74) is 0.544. The predicted octanol–water partition coefficient (Wildman–Crippen LogP) is 1.59. The van der Waals surface area contributed by atoms with Gasteiger partial charge in [0.25, 0.3) is 0 Å². The molecule has 102 valence electrons. The van der Waals surface area contributed by atoms with Crippen LogP contribution in [-0.4, -0.2) is 40.9 Å². The van der Waals surface area contributed by atoms with Gasteiger partial charge in [-0.25, -0.2) is 4.98 Å². The standard InChI is InChI=1S/C9H11F2N3O2.C2H6/c1-5-2-7(14-3-6(15)4-14)13-9(12-5)16-8(10)11;1-2/h2,6,8,15H,3-4H2,1H3;1-2H3. The second-order valence-electron chi connectivity index (χ2n) is 3.59. The fourth-order valence-corrected chi connectivity index (χ4v) is 1.46. The van der Waals surface area contributed by atoms with E-state index in [9.17, 15) is 8.78 Å². The van der Waals surface area contributed by atoms with Gasteiger partial charge in [-0.05, 0) is 6.92 Å². The monoisotopic (exact) mass is 261 g/mol. The molecule has 0 radical (unpaired) electrons. The molecule has 1 aliphatic rings. The first-order valence-electron chi connectivity index (χ1n) is 5.78. The summed E-state index contributed by atoms with van der Waals surface area (Å²) in [6.45, 7) is 3.63. The summed E-state index contributed by atoms with van der Waals surface area (Å²) in [5.74, 6) is 0.494. The number of halogens is 2. The number of aliphatic hydroxyl groups excluding tert-OH is 1. The van der Waals surface area contributed by atoms with Crippen LogP contribution in [0.15, 0.2) is 6.07 Å². The second kappa shape index (κ2) is 6.44. The van der Waals surface area contributed by atoms with Crippen molar-refractivity contribution in [1.29, 1.82) is 0 Å². The fourth-order valence-electron chi connectivity index (χ4n) is 1.46. The Labute approximate surface area is 104 Å². The highest BCUT2D eigenvalue weighted by Crippen LogP contribution is 2.21. The number of nitrogens with zero attached hydrogens (tertiary/aromatic N) is 3. The largest absolute Gasteiger partial charge is 0.401 e. The topological polar surface area (TPSA) is 58.5 Å². The number of aromatic nitrogens is 2. The van der Waals surface area contributed by atoms with Crippen LogP contribution in [0.4, 0.5) is 14.6 Å². The summed E-state index contributed by atoms with van der Waals surface area (Å²) in [4.78, 5) is 9.32. The molecule has 2 rings (SSSR count). The zero-order valence-electron chi connectivity index (χ0n) is 10.6. The Bertz CT molecular complexity index is 385. The van der Waals surface area contributed by atoms with Crippen LogP contribution in [0.1, 0.15) is 19.5 Å². The number of hydrogen-bond donors (Lipinski definition) is 1. The zero-order chi connectivity index (χ0) is 13.7. The summed E-state index contributed by atoms with van der Waals surface area (Å²) in [6, 6.07) is 1.32. The van der Waals surface area contributed by atoms with Crippen molar-refractivity contribution in [2.24, 2.45) is 0 Å². The van der Waals surface area contributed by atoms with E-state index in [0.717, 1.165) is 0 Å². The van der Waals surface area contributed by atoms with Crippen LogP contribution in [-0.2, 0) is 0 Å². The van der Waals surface area contributed by atoms with Gasteiger partial charge >= 0.3 is 12.6 Å². The predicted molar refractivity (Wildman–Crippen MR) is 63.0 cm³/mol. The van der Waals surface area contributed by atoms with E-state index >= 15 is 0 Å². The second-order valence-corrected chi connectivity index (χ2v) is 3.59. The third-order valence-corrected chi connectivity index (χ3v) is 2.20. The number of hydrogen-bond acceptors (Lipinski definition) is 5. The third-order valence-electron chi connectivity index (χ3n) is 2.20. The molecule has 0 aromatic carbocycles. The zero-order valence-corrected chi connectivity index (χ0v) is 10.6. The van der Waals surface area contributed by atoms with Gasteiger partial charge in [0.1, 0.15) is 5.82 Å². The highest BCUT2D eigenvalue weighted by Gasteiger charge is 2.26. The maximum Gasteiger partial charge on any atom is 0.389 e. The van der Waals surface area contributed by atoms with E-state index in [2.05, 4.69) is 14.7 Å². The first-order valence-corrected chi connectivity index (χ1v) is 5.78. The average Bonchev–Trinajstić information content (AvgIpc) is 2.26. The fraction of sp³-hybridized carbons (Fsp3) is 0.636. The van der Waals surface area contributed by atoms with Crippen LogP contribution in [0.3, 0.4) is 0 Å². The molecule has 1 aromatic rings. The molecule has 0 amide bonds. The van der Waals surface area contributed by atoms with Crippen molar-refractivity contribution in [1.82, 2.24) is 9.97 Å². The first-order chi connectivity index (χ1) is 8.54. The Kier molecular flexibility index (Phi) is 5.21. The van der Waals surface area contributed by atoms with Crippen molar-refractivity contribution in [2.75, 3.05) is 18.0 Å². The summed E-state index contributed by atoms with van der Waals surface area (Å²) in [6.07, 6.45) is -0.380. The number of anilines is 1. The number of aliphatic hydroxyl groups is 1. The Balaban J connectivity index is 0.000000771. The highest BCUT2D eigenvalue weighted by molar-refractivity contribution is 5.43. The molecule has 0 atom stereocenters. The van der Waals surface area contributed by atoms with Gasteiger partial charge in [0.15, 0.2) is 0 Å². The maximum absolute atomic E-state index is 12.0. The number of aryl methyl sites for hydroxylation is 1. The van der Waals surface area contributed by atoms with Crippen LogP contribution in [0.5, 0.6) is 6.01 Å². The Morgan fingerprint density at radius 2 is 2.00 bits per heavy atom.